The van der Waals surface area contributed by atoms with Crippen molar-refractivity contribution in [3.05, 3.63) is 89.5 Å². The average Bonchev–Trinajstić information content (AvgIpc) is 3.09. The molecular formula is C25H21NO6. The number of nitrogens with zero attached hydrogens (tertiary/aromatic N) is 1. The lowest BCUT2D eigenvalue weighted by atomic mass is 9.94. The number of carbonyl (C=O) groups is 2. The maximum atomic E-state index is 13.2. The fourth-order valence-electron chi connectivity index (χ4n) is 3.80. The molecule has 0 spiro atoms. The number of methoxy groups -OCH3 is 2. The minimum Gasteiger partial charge on any atom is -0.508 e. The van der Waals surface area contributed by atoms with Crippen LogP contribution < -0.4 is 14.4 Å². The molecule has 1 unspecified atom stereocenters. The van der Waals surface area contributed by atoms with Crippen LogP contribution in [-0.2, 0) is 9.59 Å². The smallest absolute Gasteiger partial charge is 0.300 e. The zero-order valence-corrected chi connectivity index (χ0v) is 17.5. The molecule has 0 saturated carbocycles. The molecule has 162 valence electrons. The highest BCUT2D eigenvalue weighted by Gasteiger charge is 2.47. The van der Waals surface area contributed by atoms with Gasteiger partial charge in [-0.25, -0.2) is 0 Å². The molecule has 1 aliphatic heterocycles. The molecule has 1 aliphatic rings. The number of aliphatic hydroxyl groups excluding tert-OH is 1. The molecule has 3 aromatic carbocycles. The summed E-state index contributed by atoms with van der Waals surface area (Å²) in [5.41, 5.74) is 1.19. The third kappa shape index (κ3) is 3.54. The summed E-state index contributed by atoms with van der Waals surface area (Å²) in [4.78, 5) is 27.6. The summed E-state index contributed by atoms with van der Waals surface area (Å²) in [6.07, 6.45) is 0. The number of carbonyl (C=O) groups excluding carboxylic acids is 2. The van der Waals surface area contributed by atoms with Gasteiger partial charge >= 0.3 is 0 Å². The van der Waals surface area contributed by atoms with E-state index in [0.29, 0.717) is 22.7 Å². The summed E-state index contributed by atoms with van der Waals surface area (Å²) in [5.74, 6) is -1.16. The molecule has 7 nitrogen and oxygen atoms in total. The number of aliphatic hydroxyl groups is 1. The Balaban J connectivity index is 1.98. The summed E-state index contributed by atoms with van der Waals surface area (Å²) >= 11 is 0. The van der Waals surface area contributed by atoms with Gasteiger partial charge in [-0.3, -0.25) is 14.5 Å². The van der Waals surface area contributed by atoms with E-state index in [-0.39, 0.29) is 22.6 Å². The number of phenolic OH excluding ortho intramolecular Hbond substituents is 1. The van der Waals surface area contributed by atoms with Crippen LogP contribution in [0.5, 0.6) is 17.2 Å². The number of phenols is 1. The lowest BCUT2D eigenvalue weighted by molar-refractivity contribution is -0.132. The summed E-state index contributed by atoms with van der Waals surface area (Å²) in [6.45, 7) is 0. The van der Waals surface area contributed by atoms with Crippen molar-refractivity contribution in [3.63, 3.8) is 0 Å². The van der Waals surface area contributed by atoms with Crippen molar-refractivity contribution in [1.29, 1.82) is 0 Å². The number of anilines is 1. The molecule has 7 heteroatoms. The van der Waals surface area contributed by atoms with E-state index < -0.39 is 17.7 Å². The van der Waals surface area contributed by atoms with Crippen LogP contribution in [0, 0.1) is 0 Å². The Morgan fingerprint density at radius 1 is 0.906 bits per heavy atom. The second-order valence-electron chi connectivity index (χ2n) is 7.16. The van der Waals surface area contributed by atoms with Crippen molar-refractivity contribution in [2.45, 2.75) is 6.04 Å². The fraction of sp³-hybridized carbons (Fsp3) is 0.120. The number of aromatic hydroxyl groups is 1. The second kappa shape index (κ2) is 8.47. The van der Waals surface area contributed by atoms with Gasteiger partial charge < -0.3 is 19.7 Å². The molecular weight excluding hydrogens is 410 g/mol. The van der Waals surface area contributed by atoms with E-state index in [0.717, 1.165) is 0 Å². The van der Waals surface area contributed by atoms with Crippen LogP contribution in [0.2, 0.25) is 0 Å². The lowest BCUT2D eigenvalue weighted by Crippen LogP contribution is -2.29. The van der Waals surface area contributed by atoms with Crippen LogP contribution in [0.3, 0.4) is 0 Å². The number of rotatable bonds is 5. The van der Waals surface area contributed by atoms with E-state index in [1.807, 2.05) is 0 Å². The van der Waals surface area contributed by atoms with Gasteiger partial charge in [0.05, 0.1) is 31.4 Å². The highest BCUT2D eigenvalue weighted by molar-refractivity contribution is 6.51. The number of hydrogen-bond acceptors (Lipinski definition) is 6. The van der Waals surface area contributed by atoms with Crippen LogP contribution in [-0.4, -0.2) is 36.1 Å². The van der Waals surface area contributed by atoms with Gasteiger partial charge in [0, 0.05) is 5.69 Å². The predicted molar refractivity (Wildman–Crippen MR) is 119 cm³/mol. The highest BCUT2D eigenvalue weighted by atomic mass is 16.5. The van der Waals surface area contributed by atoms with Gasteiger partial charge in [0.2, 0.25) is 0 Å². The van der Waals surface area contributed by atoms with Gasteiger partial charge in [0.25, 0.3) is 11.7 Å². The van der Waals surface area contributed by atoms with Crippen LogP contribution in [0.4, 0.5) is 5.69 Å². The molecule has 0 aromatic heterocycles. The van der Waals surface area contributed by atoms with Gasteiger partial charge in [-0.2, -0.15) is 0 Å². The van der Waals surface area contributed by atoms with E-state index in [1.54, 1.807) is 54.6 Å². The van der Waals surface area contributed by atoms with Crippen LogP contribution >= 0.6 is 0 Å². The first-order valence-electron chi connectivity index (χ1n) is 9.83. The molecule has 1 atom stereocenters. The van der Waals surface area contributed by atoms with Gasteiger partial charge in [0.1, 0.15) is 23.0 Å². The minimum atomic E-state index is -0.908. The highest BCUT2D eigenvalue weighted by Crippen LogP contribution is 2.43. The van der Waals surface area contributed by atoms with E-state index in [9.17, 15) is 19.8 Å². The Labute approximate surface area is 184 Å². The van der Waals surface area contributed by atoms with Crippen LogP contribution in [0.1, 0.15) is 17.2 Å². The van der Waals surface area contributed by atoms with Gasteiger partial charge in [-0.15, -0.1) is 0 Å². The Kier molecular flexibility index (Phi) is 5.55. The Morgan fingerprint density at radius 3 is 2.22 bits per heavy atom. The van der Waals surface area contributed by atoms with E-state index in [1.165, 1.54) is 37.3 Å². The molecule has 2 N–H and O–H groups in total. The summed E-state index contributed by atoms with van der Waals surface area (Å²) in [7, 11) is 2.93. The maximum absolute atomic E-state index is 13.2. The first-order valence-corrected chi connectivity index (χ1v) is 9.83. The number of hydrogen-bond donors (Lipinski definition) is 2. The van der Waals surface area contributed by atoms with Crippen LogP contribution in [0.25, 0.3) is 5.76 Å². The summed E-state index contributed by atoms with van der Waals surface area (Å²) < 4.78 is 10.6. The molecule has 0 radical (unpaired) electrons. The Morgan fingerprint density at radius 2 is 1.59 bits per heavy atom. The molecule has 1 amide bonds. The number of ketones is 1. The Bertz CT molecular complexity index is 1200. The van der Waals surface area contributed by atoms with E-state index >= 15 is 0 Å². The van der Waals surface area contributed by atoms with E-state index in [2.05, 4.69) is 0 Å². The first-order chi connectivity index (χ1) is 15.5. The standard InChI is InChI=1S/C25H21NO6/c1-31-18-12-13-20(32-2)19(14-18)23(28)21-22(15-8-10-17(27)11-9-15)26(25(30)24(21)29)16-6-4-3-5-7-16/h3-14,22,27-28H,1-2H3/b23-21+. The first kappa shape index (κ1) is 21.0. The minimum absolute atomic E-state index is 0.0416. The van der Waals surface area contributed by atoms with Crippen molar-refractivity contribution < 1.29 is 29.3 Å². The number of Topliss-reactive ketones (excluding diaryl/α,β-unsaturated/α-hetero) is 1. The monoisotopic (exact) mass is 431 g/mol. The lowest BCUT2D eigenvalue weighted by Gasteiger charge is -2.25. The number of amides is 1. The third-order valence-electron chi connectivity index (χ3n) is 5.35. The van der Waals surface area contributed by atoms with Crippen molar-refractivity contribution >= 4 is 23.1 Å². The zero-order chi connectivity index (χ0) is 22.8. The zero-order valence-electron chi connectivity index (χ0n) is 17.5. The normalized spacial score (nSPS) is 17.4. The summed E-state index contributed by atoms with van der Waals surface area (Å²) in [6, 6.07) is 18.8. The maximum Gasteiger partial charge on any atom is 0.300 e. The molecule has 1 saturated heterocycles. The molecule has 32 heavy (non-hydrogen) atoms. The molecule has 1 fully saturated rings. The number of benzene rings is 3. The predicted octanol–water partition coefficient (Wildman–Crippen LogP) is 4.04. The number of para-hydroxylation sites is 1. The largest absolute Gasteiger partial charge is 0.508 e. The topological polar surface area (TPSA) is 96.3 Å². The molecule has 3 aromatic rings. The van der Waals surface area contributed by atoms with E-state index in [4.69, 9.17) is 9.47 Å². The van der Waals surface area contributed by atoms with Crippen molar-refractivity contribution in [2.24, 2.45) is 0 Å². The molecule has 0 aliphatic carbocycles. The van der Waals surface area contributed by atoms with Crippen molar-refractivity contribution in [2.75, 3.05) is 19.1 Å². The molecule has 4 rings (SSSR count). The van der Waals surface area contributed by atoms with Crippen LogP contribution in [0.15, 0.2) is 78.4 Å². The summed E-state index contributed by atoms with van der Waals surface area (Å²) in [5, 5.41) is 21.0. The molecule has 1 heterocycles. The van der Waals surface area contributed by atoms with Gasteiger partial charge in [-0.05, 0) is 48.0 Å². The van der Waals surface area contributed by atoms with Gasteiger partial charge in [0.15, 0.2) is 0 Å². The Hall–Kier alpha value is -4.26. The number of ether oxygens (including phenoxy) is 2. The molecule has 0 bridgehead atoms. The quantitative estimate of drug-likeness (QED) is 0.360. The van der Waals surface area contributed by atoms with Crippen molar-refractivity contribution in [3.8, 4) is 17.2 Å². The SMILES string of the molecule is COc1ccc(OC)c(/C(O)=C2\C(=O)C(=O)N(c3ccccc3)C2c2ccc(O)cc2)c1. The third-order valence-corrected chi connectivity index (χ3v) is 5.35. The fourth-order valence-corrected chi connectivity index (χ4v) is 3.80. The second-order valence-corrected chi connectivity index (χ2v) is 7.16. The van der Waals surface area contributed by atoms with Gasteiger partial charge in [-0.1, -0.05) is 30.3 Å². The van der Waals surface area contributed by atoms with Crippen molar-refractivity contribution in [1.82, 2.24) is 0 Å². The average molecular weight is 431 g/mol.